The summed E-state index contributed by atoms with van der Waals surface area (Å²) in [4.78, 5) is 13.9. The van der Waals surface area contributed by atoms with Gasteiger partial charge in [0.15, 0.2) is 0 Å². The number of rotatable bonds is 2. The van der Waals surface area contributed by atoms with E-state index >= 15 is 0 Å². The molecule has 1 atom stereocenters. The summed E-state index contributed by atoms with van der Waals surface area (Å²) < 4.78 is 52.5. The van der Waals surface area contributed by atoms with Gasteiger partial charge in [0.25, 0.3) is 5.91 Å². The van der Waals surface area contributed by atoms with Crippen LogP contribution in [0.4, 0.5) is 17.6 Å². The molecule has 2 saturated heterocycles. The Labute approximate surface area is 138 Å². The number of nitrogens with one attached hydrogen (secondary N) is 1. The molecule has 2 heterocycles. The van der Waals surface area contributed by atoms with Gasteiger partial charge < -0.3 is 10.2 Å². The zero-order valence-corrected chi connectivity index (χ0v) is 13.2. The molecule has 2 aliphatic heterocycles. The third-order valence-corrected chi connectivity index (χ3v) is 5.03. The molecule has 1 unspecified atom stereocenters. The first-order valence-corrected chi connectivity index (χ1v) is 8.26. The van der Waals surface area contributed by atoms with Crippen LogP contribution in [0.5, 0.6) is 0 Å². The number of piperidine rings is 1. The largest absolute Gasteiger partial charge is 0.419 e. The molecular formula is C17H20F4N2O. The van der Waals surface area contributed by atoms with Crippen LogP contribution >= 0.6 is 0 Å². The van der Waals surface area contributed by atoms with Crippen molar-refractivity contribution in [2.45, 2.75) is 37.9 Å². The first kappa shape index (κ1) is 17.2. The van der Waals surface area contributed by atoms with Crippen LogP contribution in [-0.2, 0) is 6.18 Å². The number of hydrogen-bond donors (Lipinski definition) is 1. The van der Waals surface area contributed by atoms with Crippen molar-refractivity contribution in [1.82, 2.24) is 10.2 Å². The Bertz CT molecular complexity index is 603. The molecule has 3 rings (SSSR count). The number of carbonyl (C=O) groups excluding carboxylic acids is 1. The van der Waals surface area contributed by atoms with E-state index in [2.05, 4.69) is 5.32 Å². The van der Waals surface area contributed by atoms with E-state index in [-0.39, 0.29) is 0 Å². The lowest BCUT2D eigenvalue weighted by Gasteiger charge is -2.35. The maximum atomic E-state index is 14.1. The summed E-state index contributed by atoms with van der Waals surface area (Å²) in [5.74, 6) is -1.66. The van der Waals surface area contributed by atoms with Gasteiger partial charge in [-0.2, -0.15) is 13.2 Å². The highest BCUT2D eigenvalue weighted by atomic mass is 19.4. The van der Waals surface area contributed by atoms with Crippen LogP contribution in [0, 0.1) is 11.7 Å². The minimum Gasteiger partial charge on any atom is -0.339 e. The van der Waals surface area contributed by atoms with Crippen molar-refractivity contribution in [2.24, 2.45) is 5.92 Å². The lowest BCUT2D eigenvalue weighted by atomic mass is 9.88. The molecule has 1 N–H and O–H groups in total. The molecule has 2 aliphatic rings. The van der Waals surface area contributed by atoms with Crippen molar-refractivity contribution in [3.8, 4) is 0 Å². The van der Waals surface area contributed by atoms with Gasteiger partial charge in [-0.15, -0.1) is 0 Å². The fraction of sp³-hybridized carbons (Fsp3) is 0.588. The van der Waals surface area contributed by atoms with Crippen LogP contribution < -0.4 is 5.32 Å². The molecule has 1 amide bonds. The molecule has 3 nitrogen and oxygen atoms in total. The van der Waals surface area contributed by atoms with Crippen molar-refractivity contribution in [2.75, 3.05) is 19.6 Å². The first-order chi connectivity index (χ1) is 11.4. The van der Waals surface area contributed by atoms with Gasteiger partial charge in [0.2, 0.25) is 0 Å². The fourth-order valence-corrected chi connectivity index (χ4v) is 3.71. The minimum atomic E-state index is -4.80. The second-order valence-electron chi connectivity index (χ2n) is 6.50. The van der Waals surface area contributed by atoms with Gasteiger partial charge in [-0.1, -0.05) is 6.07 Å². The standard InChI is InChI=1S/C17H20F4N2O/c18-15-12(3-1-4-13(15)17(19,20)21)16(24)23-9-6-11(7-10-23)14-5-2-8-22-14/h1,3-4,11,14,22H,2,5-10H2. The Morgan fingerprint density at radius 2 is 1.88 bits per heavy atom. The quantitative estimate of drug-likeness (QED) is 0.834. The van der Waals surface area contributed by atoms with Crippen LogP contribution in [0.15, 0.2) is 18.2 Å². The average Bonchev–Trinajstić information content (AvgIpc) is 3.08. The van der Waals surface area contributed by atoms with Gasteiger partial charge in [-0.3, -0.25) is 4.79 Å². The minimum absolute atomic E-state index is 0.456. The smallest absolute Gasteiger partial charge is 0.339 e. The predicted molar refractivity (Wildman–Crippen MR) is 81.1 cm³/mol. The van der Waals surface area contributed by atoms with Gasteiger partial charge in [0.05, 0.1) is 11.1 Å². The number of carbonyl (C=O) groups is 1. The maximum absolute atomic E-state index is 14.1. The number of halogens is 4. The van der Waals surface area contributed by atoms with Gasteiger partial charge in [0.1, 0.15) is 5.82 Å². The molecule has 0 aromatic heterocycles. The molecule has 0 saturated carbocycles. The van der Waals surface area contributed by atoms with Crippen molar-refractivity contribution < 1.29 is 22.4 Å². The van der Waals surface area contributed by atoms with E-state index in [1.54, 1.807) is 0 Å². The zero-order valence-electron chi connectivity index (χ0n) is 13.2. The Morgan fingerprint density at radius 1 is 1.17 bits per heavy atom. The zero-order chi connectivity index (χ0) is 17.3. The molecule has 132 valence electrons. The normalized spacial score (nSPS) is 22.8. The van der Waals surface area contributed by atoms with Crippen LogP contribution in [0.3, 0.4) is 0 Å². The molecule has 0 radical (unpaired) electrons. The van der Waals surface area contributed by atoms with Crippen molar-refractivity contribution in [1.29, 1.82) is 0 Å². The highest BCUT2D eigenvalue weighted by Crippen LogP contribution is 2.33. The summed E-state index contributed by atoms with van der Waals surface area (Å²) in [6.45, 7) is 1.92. The third kappa shape index (κ3) is 3.41. The third-order valence-electron chi connectivity index (χ3n) is 5.03. The Kier molecular flexibility index (Phi) is 4.80. The fourth-order valence-electron chi connectivity index (χ4n) is 3.71. The summed E-state index contributed by atoms with van der Waals surface area (Å²) in [5, 5.41) is 3.45. The number of likely N-dealkylation sites (tertiary alicyclic amines) is 1. The molecule has 1 aromatic rings. The molecule has 2 fully saturated rings. The van der Waals surface area contributed by atoms with Crippen LogP contribution in [0.2, 0.25) is 0 Å². The van der Waals surface area contributed by atoms with Crippen LogP contribution in [-0.4, -0.2) is 36.5 Å². The summed E-state index contributed by atoms with van der Waals surface area (Å²) in [7, 11) is 0. The van der Waals surface area contributed by atoms with Gasteiger partial charge in [0, 0.05) is 19.1 Å². The molecule has 0 aliphatic carbocycles. The summed E-state index contributed by atoms with van der Waals surface area (Å²) in [6.07, 6.45) is -0.935. The number of benzene rings is 1. The molecule has 0 bridgehead atoms. The van der Waals surface area contributed by atoms with Crippen LogP contribution in [0.25, 0.3) is 0 Å². The average molecular weight is 344 g/mol. The van der Waals surface area contributed by atoms with Crippen molar-refractivity contribution in [3.05, 3.63) is 35.1 Å². The van der Waals surface area contributed by atoms with Gasteiger partial charge in [-0.25, -0.2) is 4.39 Å². The topological polar surface area (TPSA) is 32.3 Å². The van der Waals surface area contributed by atoms with E-state index in [1.807, 2.05) is 0 Å². The molecule has 7 heteroatoms. The molecule has 0 spiro atoms. The Balaban J connectivity index is 1.69. The first-order valence-electron chi connectivity index (χ1n) is 8.26. The van der Waals surface area contributed by atoms with E-state index in [1.165, 1.54) is 4.90 Å². The van der Waals surface area contributed by atoms with Crippen molar-refractivity contribution in [3.63, 3.8) is 0 Å². The lowest BCUT2D eigenvalue weighted by molar-refractivity contribution is -0.140. The monoisotopic (exact) mass is 344 g/mol. The summed E-state index contributed by atoms with van der Waals surface area (Å²) in [5.41, 5.74) is -1.89. The summed E-state index contributed by atoms with van der Waals surface area (Å²) in [6, 6.07) is 3.32. The Hall–Kier alpha value is -1.63. The SMILES string of the molecule is O=C(c1cccc(C(F)(F)F)c1F)N1CCC(C2CCCN2)CC1. The van der Waals surface area contributed by atoms with Gasteiger partial charge in [-0.05, 0) is 50.3 Å². The van der Waals surface area contributed by atoms with Crippen LogP contribution in [0.1, 0.15) is 41.6 Å². The summed E-state index contributed by atoms with van der Waals surface area (Å²) >= 11 is 0. The lowest BCUT2D eigenvalue weighted by Crippen LogP contribution is -2.43. The number of amides is 1. The highest BCUT2D eigenvalue weighted by Gasteiger charge is 2.37. The molecular weight excluding hydrogens is 324 g/mol. The second kappa shape index (κ2) is 6.70. The van der Waals surface area contributed by atoms with E-state index in [0.717, 1.165) is 44.4 Å². The van der Waals surface area contributed by atoms with Gasteiger partial charge >= 0.3 is 6.18 Å². The number of nitrogens with zero attached hydrogens (tertiary/aromatic N) is 1. The van der Waals surface area contributed by atoms with E-state index in [0.29, 0.717) is 31.1 Å². The number of alkyl halides is 3. The Morgan fingerprint density at radius 3 is 2.46 bits per heavy atom. The molecule has 24 heavy (non-hydrogen) atoms. The van der Waals surface area contributed by atoms with E-state index < -0.39 is 29.0 Å². The second-order valence-corrected chi connectivity index (χ2v) is 6.50. The number of hydrogen-bond acceptors (Lipinski definition) is 2. The van der Waals surface area contributed by atoms with Crippen molar-refractivity contribution >= 4 is 5.91 Å². The van der Waals surface area contributed by atoms with E-state index in [9.17, 15) is 22.4 Å². The molecule has 1 aromatic carbocycles. The van der Waals surface area contributed by atoms with E-state index in [4.69, 9.17) is 0 Å². The predicted octanol–water partition coefficient (Wildman–Crippen LogP) is 3.45. The maximum Gasteiger partial charge on any atom is 0.419 e. The highest BCUT2D eigenvalue weighted by molar-refractivity contribution is 5.94.